The highest BCUT2D eigenvalue weighted by atomic mass is 32.2. The fourth-order valence-corrected chi connectivity index (χ4v) is 5.11. The van der Waals surface area contributed by atoms with Crippen LogP contribution in [-0.4, -0.2) is 32.9 Å². The van der Waals surface area contributed by atoms with Crippen LogP contribution < -0.4 is 5.32 Å². The maximum atomic E-state index is 12.8. The number of hydrogen-bond acceptors (Lipinski definition) is 4. The number of sulfonamides is 1. The molecule has 1 unspecified atom stereocenters. The van der Waals surface area contributed by atoms with Crippen LogP contribution in [0.5, 0.6) is 0 Å². The van der Waals surface area contributed by atoms with E-state index in [9.17, 15) is 8.42 Å². The Kier molecular flexibility index (Phi) is 5.40. The molecule has 1 atom stereocenters. The quantitative estimate of drug-likeness (QED) is 0.908. The van der Waals surface area contributed by atoms with E-state index in [1.54, 1.807) is 13.1 Å². The Balaban J connectivity index is 3.17. The lowest BCUT2D eigenvalue weighted by atomic mass is 9.88. The molecule has 1 N–H and O–H groups in total. The minimum Gasteiger partial charge on any atom is -0.315 e. The number of aryl methyl sites for hydroxylation is 1. The standard InChI is InChI=1S/C14H26N2O2S2/c1-10-13(8-12(19-10)9-15-6)20(17,18)16(7)11(2)14(3,4)5/h8,11,15H,9H2,1-7H3. The minimum absolute atomic E-state index is 0.0699. The van der Waals surface area contributed by atoms with Crippen LogP contribution in [0.3, 0.4) is 0 Å². The van der Waals surface area contributed by atoms with Gasteiger partial charge in [0.15, 0.2) is 0 Å². The van der Waals surface area contributed by atoms with Gasteiger partial charge in [-0.3, -0.25) is 0 Å². The number of thiophene rings is 1. The van der Waals surface area contributed by atoms with Crippen molar-refractivity contribution in [2.75, 3.05) is 14.1 Å². The molecule has 6 heteroatoms. The maximum Gasteiger partial charge on any atom is 0.244 e. The van der Waals surface area contributed by atoms with Gasteiger partial charge in [0.05, 0.1) is 4.90 Å². The summed E-state index contributed by atoms with van der Waals surface area (Å²) in [6.07, 6.45) is 0. The van der Waals surface area contributed by atoms with Crippen LogP contribution in [0.4, 0.5) is 0 Å². The van der Waals surface area contributed by atoms with Crippen LogP contribution >= 0.6 is 11.3 Å². The molecule has 0 radical (unpaired) electrons. The van der Waals surface area contributed by atoms with Crippen molar-refractivity contribution >= 4 is 21.4 Å². The lowest BCUT2D eigenvalue weighted by molar-refractivity contribution is 0.216. The molecule has 0 saturated carbocycles. The van der Waals surface area contributed by atoms with Crippen LogP contribution in [0.2, 0.25) is 0 Å². The highest BCUT2D eigenvalue weighted by Crippen LogP contribution is 2.32. The zero-order chi connectivity index (χ0) is 15.7. The van der Waals surface area contributed by atoms with Crippen molar-refractivity contribution in [3.63, 3.8) is 0 Å². The first-order valence-electron chi connectivity index (χ1n) is 6.73. The molecule has 1 rings (SSSR count). The summed E-state index contributed by atoms with van der Waals surface area (Å²) in [6.45, 7) is 10.7. The average Bonchev–Trinajstić information content (AvgIpc) is 2.68. The Morgan fingerprint density at radius 1 is 1.40 bits per heavy atom. The SMILES string of the molecule is CNCc1cc(S(=O)(=O)N(C)C(C)C(C)(C)C)c(C)s1. The number of nitrogens with zero attached hydrogens (tertiary/aromatic N) is 1. The molecule has 1 heterocycles. The van der Waals surface area contributed by atoms with Gasteiger partial charge in [0.1, 0.15) is 0 Å². The van der Waals surface area contributed by atoms with E-state index < -0.39 is 10.0 Å². The van der Waals surface area contributed by atoms with E-state index in [-0.39, 0.29) is 11.5 Å². The molecule has 1 aromatic rings. The van der Waals surface area contributed by atoms with Gasteiger partial charge < -0.3 is 5.32 Å². The lowest BCUT2D eigenvalue weighted by Crippen LogP contribution is -2.42. The Bertz CT molecular complexity index is 556. The van der Waals surface area contributed by atoms with Gasteiger partial charge in [-0.05, 0) is 32.4 Å². The summed E-state index contributed by atoms with van der Waals surface area (Å²) in [5.41, 5.74) is -0.0977. The molecular weight excluding hydrogens is 292 g/mol. The van der Waals surface area contributed by atoms with Gasteiger partial charge in [-0.15, -0.1) is 11.3 Å². The van der Waals surface area contributed by atoms with Gasteiger partial charge in [0.25, 0.3) is 0 Å². The average molecular weight is 319 g/mol. The predicted octanol–water partition coefficient (Wildman–Crippen LogP) is 2.83. The fourth-order valence-electron chi connectivity index (χ4n) is 1.95. The molecule has 0 aromatic carbocycles. The molecule has 0 spiro atoms. The summed E-state index contributed by atoms with van der Waals surface area (Å²) in [4.78, 5) is 2.33. The third-order valence-electron chi connectivity index (χ3n) is 3.73. The van der Waals surface area contributed by atoms with Crippen molar-refractivity contribution in [3.05, 3.63) is 15.8 Å². The zero-order valence-electron chi connectivity index (χ0n) is 13.4. The molecular formula is C14H26N2O2S2. The molecule has 20 heavy (non-hydrogen) atoms. The van der Waals surface area contributed by atoms with Gasteiger partial charge in [-0.2, -0.15) is 4.31 Å². The van der Waals surface area contributed by atoms with Crippen molar-refractivity contribution in [1.82, 2.24) is 9.62 Å². The number of nitrogens with one attached hydrogen (secondary N) is 1. The van der Waals surface area contributed by atoms with Gasteiger partial charge in [-0.25, -0.2) is 8.42 Å². The minimum atomic E-state index is -3.43. The first-order chi connectivity index (χ1) is 9.01. The van der Waals surface area contributed by atoms with Crippen LogP contribution in [0.25, 0.3) is 0 Å². The molecule has 0 aliphatic heterocycles. The highest BCUT2D eigenvalue weighted by Gasteiger charge is 2.33. The first kappa shape index (κ1) is 17.6. The van der Waals surface area contributed by atoms with Crippen LogP contribution in [0, 0.1) is 12.3 Å². The van der Waals surface area contributed by atoms with E-state index in [0.717, 1.165) is 9.75 Å². The van der Waals surface area contributed by atoms with Crippen molar-refractivity contribution in [1.29, 1.82) is 0 Å². The van der Waals surface area contributed by atoms with Crippen molar-refractivity contribution in [2.24, 2.45) is 5.41 Å². The molecule has 0 saturated heterocycles. The Labute approximate surface area is 127 Å². The summed E-state index contributed by atoms with van der Waals surface area (Å²) in [5, 5.41) is 3.05. The van der Waals surface area contributed by atoms with E-state index >= 15 is 0 Å². The van der Waals surface area contributed by atoms with E-state index in [0.29, 0.717) is 11.4 Å². The monoisotopic (exact) mass is 318 g/mol. The second-order valence-corrected chi connectivity index (χ2v) is 9.53. The number of rotatable bonds is 5. The summed E-state index contributed by atoms with van der Waals surface area (Å²) in [7, 11) is 0.0914. The molecule has 0 aliphatic carbocycles. The molecule has 0 bridgehead atoms. The van der Waals surface area contributed by atoms with E-state index in [4.69, 9.17) is 0 Å². The second-order valence-electron chi connectivity index (χ2n) is 6.23. The first-order valence-corrected chi connectivity index (χ1v) is 8.99. The largest absolute Gasteiger partial charge is 0.315 e. The van der Waals surface area contributed by atoms with Gasteiger partial charge in [0.2, 0.25) is 10.0 Å². The smallest absolute Gasteiger partial charge is 0.244 e. The van der Waals surface area contributed by atoms with E-state index in [1.165, 1.54) is 15.6 Å². The Morgan fingerprint density at radius 3 is 2.40 bits per heavy atom. The third-order valence-corrected chi connectivity index (χ3v) is 6.96. The fraction of sp³-hybridized carbons (Fsp3) is 0.714. The molecule has 116 valence electrons. The number of hydrogen-bond donors (Lipinski definition) is 1. The van der Waals surface area contributed by atoms with Gasteiger partial charge in [0, 0.05) is 29.4 Å². The Morgan fingerprint density at radius 2 is 1.95 bits per heavy atom. The van der Waals surface area contributed by atoms with Crippen molar-refractivity contribution in [2.45, 2.75) is 52.1 Å². The van der Waals surface area contributed by atoms with Crippen LogP contribution in [0.15, 0.2) is 11.0 Å². The van der Waals surface area contributed by atoms with Gasteiger partial charge >= 0.3 is 0 Å². The predicted molar refractivity (Wildman–Crippen MR) is 85.7 cm³/mol. The third kappa shape index (κ3) is 3.61. The lowest BCUT2D eigenvalue weighted by Gasteiger charge is -2.34. The topological polar surface area (TPSA) is 49.4 Å². The molecule has 0 aliphatic rings. The Hall–Kier alpha value is -0.430. The summed E-state index contributed by atoms with van der Waals surface area (Å²) >= 11 is 1.53. The van der Waals surface area contributed by atoms with E-state index in [2.05, 4.69) is 26.1 Å². The van der Waals surface area contributed by atoms with Crippen LogP contribution in [-0.2, 0) is 16.6 Å². The van der Waals surface area contributed by atoms with Crippen molar-refractivity contribution in [3.8, 4) is 0 Å². The molecule has 0 fully saturated rings. The van der Waals surface area contributed by atoms with Gasteiger partial charge in [-0.1, -0.05) is 20.8 Å². The second kappa shape index (κ2) is 6.13. The zero-order valence-corrected chi connectivity index (χ0v) is 15.1. The van der Waals surface area contributed by atoms with Crippen LogP contribution in [0.1, 0.15) is 37.4 Å². The molecule has 4 nitrogen and oxygen atoms in total. The summed E-state index contributed by atoms with van der Waals surface area (Å²) in [5.74, 6) is 0. The molecule has 0 amide bonds. The van der Waals surface area contributed by atoms with Crippen molar-refractivity contribution < 1.29 is 8.42 Å². The maximum absolute atomic E-state index is 12.8. The molecule has 1 aromatic heterocycles. The summed E-state index contributed by atoms with van der Waals surface area (Å²) in [6, 6.07) is 1.72. The normalized spacial score (nSPS) is 14.8. The summed E-state index contributed by atoms with van der Waals surface area (Å²) < 4.78 is 27.0. The highest BCUT2D eigenvalue weighted by molar-refractivity contribution is 7.89. The van der Waals surface area contributed by atoms with E-state index in [1.807, 2.05) is 20.9 Å².